The molecule has 8 nitrogen and oxygen atoms in total. The molecule has 3 N–H and O–H groups in total. The van der Waals surface area contributed by atoms with Crippen LogP contribution in [0.1, 0.15) is 43.8 Å². The van der Waals surface area contributed by atoms with E-state index < -0.39 is 5.92 Å². The Morgan fingerprint density at radius 2 is 1.97 bits per heavy atom. The number of carbonyl (C=O) groups excluding carboxylic acids is 1. The second-order valence-electron chi connectivity index (χ2n) is 9.09. The van der Waals surface area contributed by atoms with Gasteiger partial charge in [0.25, 0.3) is 5.56 Å². The molecule has 164 valence electrons. The third-order valence-electron chi connectivity index (χ3n) is 7.31. The first kappa shape index (κ1) is 20.3. The first-order chi connectivity index (χ1) is 15.2. The molecule has 2 bridgehead atoms. The minimum Gasteiger partial charge on any atom is -0.396 e. The number of aromatic nitrogens is 3. The van der Waals surface area contributed by atoms with Crippen molar-refractivity contribution in [3.63, 3.8) is 0 Å². The van der Waals surface area contributed by atoms with Crippen molar-refractivity contribution < 1.29 is 9.90 Å². The number of fused-ring (bicyclic) bond motifs is 4. The maximum absolute atomic E-state index is 13.3. The standard InChI is InChI=1S/C23H29N5O3/c29-12-17-18-11-28-19(7-6-16(23(28)31)15-9-24-13-25-10-15)21(27-18)20(17)22(30)26-8-14-4-2-1-3-5-14/h6-7,9-10,13-14,17-18,20-21,27,29H,1-5,8,11-12H2,(H,26,30)/t17-,18-,20+,21+/m0/s1. The fourth-order valence-corrected chi connectivity index (χ4v) is 5.66. The van der Waals surface area contributed by atoms with Crippen LogP contribution in [0.15, 0.2) is 35.6 Å². The number of aliphatic hydroxyl groups excluding tert-OH is 1. The van der Waals surface area contributed by atoms with Gasteiger partial charge in [0.1, 0.15) is 6.33 Å². The predicted octanol–water partition coefficient (Wildman–Crippen LogP) is 1.25. The molecule has 1 aliphatic carbocycles. The molecule has 0 aromatic carbocycles. The average molecular weight is 424 g/mol. The summed E-state index contributed by atoms with van der Waals surface area (Å²) in [6.45, 7) is 1.05. The van der Waals surface area contributed by atoms with Gasteiger partial charge >= 0.3 is 0 Å². The molecule has 0 radical (unpaired) electrons. The van der Waals surface area contributed by atoms with Crippen molar-refractivity contribution >= 4 is 5.91 Å². The normalized spacial score (nSPS) is 27.6. The van der Waals surface area contributed by atoms with Gasteiger partial charge in [0.2, 0.25) is 5.91 Å². The molecular weight excluding hydrogens is 394 g/mol. The van der Waals surface area contributed by atoms with Crippen LogP contribution in [0.5, 0.6) is 0 Å². The van der Waals surface area contributed by atoms with Crippen molar-refractivity contribution in [3.8, 4) is 11.1 Å². The number of hydrogen-bond donors (Lipinski definition) is 3. The van der Waals surface area contributed by atoms with Gasteiger partial charge in [-0.05, 0) is 30.9 Å². The molecular formula is C23H29N5O3. The molecule has 2 aromatic heterocycles. The summed E-state index contributed by atoms with van der Waals surface area (Å²) < 4.78 is 1.76. The number of carbonyl (C=O) groups is 1. The van der Waals surface area contributed by atoms with E-state index in [2.05, 4.69) is 20.6 Å². The van der Waals surface area contributed by atoms with Crippen molar-refractivity contribution in [1.82, 2.24) is 25.2 Å². The number of aliphatic hydroxyl groups is 1. The fraction of sp³-hybridized carbons (Fsp3) is 0.565. The van der Waals surface area contributed by atoms with Crippen LogP contribution in [0.25, 0.3) is 11.1 Å². The van der Waals surface area contributed by atoms with Crippen molar-refractivity contribution in [2.24, 2.45) is 17.8 Å². The van der Waals surface area contributed by atoms with Crippen LogP contribution >= 0.6 is 0 Å². The number of pyridine rings is 1. The molecule has 2 aromatic rings. The van der Waals surface area contributed by atoms with E-state index >= 15 is 0 Å². The van der Waals surface area contributed by atoms with Gasteiger partial charge in [-0.2, -0.15) is 0 Å². The van der Waals surface area contributed by atoms with Crippen LogP contribution in [0.4, 0.5) is 0 Å². The van der Waals surface area contributed by atoms with Crippen LogP contribution in [0, 0.1) is 17.8 Å². The Morgan fingerprint density at radius 3 is 2.71 bits per heavy atom. The minimum absolute atomic E-state index is 0.0222. The lowest BCUT2D eigenvalue weighted by atomic mass is 9.85. The number of amides is 1. The van der Waals surface area contributed by atoms with Crippen LogP contribution in [0.2, 0.25) is 0 Å². The van der Waals surface area contributed by atoms with Crippen molar-refractivity contribution in [3.05, 3.63) is 46.9 Å². The maximum atomic E-state index is 13.3. The van der Waals surface area contributed by atoms with Crippen LogP contribution < -0.4 is 16.2 Å². The van der Waals surface area contributed by atoms with E-state index in [9.17, 15) is 14.7 Å². The summed E-state index contributed by atoms with van der Waals surface area (Å²) in [6, 6.07) is 3.31. The van der Waals surface area contributed by atoms with Crippen LogP contribution in [-0.2, 0) is 11.3 Å². The molecule has 2 fully saturated rings. The smallest absolute Gasteiger partial charge is 0.258 e. The Balaban J connectivity index is 1.42. The van der Waals surface area contributed by atoms with E-state index in [1.807, 2.05) is 6.07 Å². The minimum atomic E-state index is -0.391. The summed E-state index contributed by atoms with van der Waals surface area (Å²) in [6.07, 6.45) is 10.8. The molecule has 1 saturated heterocycles. The van der Waals surface area contributed by atoms with Gasteiger partial charge in [-0.15, -0.1) is 0 Å². The van der Waals surface area contributed by atoms with Gasteiger partial charge in [-0.3, -0.25) is 9.59 Å². The van der Waals surface area contributed by atoms with E-state index in [0.717, 1.165) is 5.69 Å². The largest absolute Gasteiger partial charge is 0.396 e. The highest BCUT2D eigenvalue weighted by Gasteiger charge is 2.50. The molecule has 1 saturated carbocycles. The lowest BCUT2D eigenvalue weighted by Gasteiger charge is -2.28. The highest BCUT2D eigenvalue weighted by atomic mass is 16.3. The Labute approximate surface area is 181 Å². The third-order valence-corrected chi connectivity index (χ3v) is 7.31. The highest BCUT2D eigenvalue weighted by molar-refractivity contribution is 5.80. The van der Waals surface area contributed by atoms with Crippen molar-refractivity contribution in [1.29, 1.82) is 0 Å². The second-order valence-corrected chi connectivity index (χ2v) is 9.09. The van der Waals surface area contributed by atoms with E-state index in [1.165, 1.54) is 38.4 Å². The molecule has 0 spiro atoms. The highest BCUT2D eigenvalue weighted by Crippen LogP contribution is 2.41. The molecule has 31 heavy (non-hydrogen) atoms. The Hall–Kier alpha value is -2.58. The SMILES string of the molecule is O=C(NCC1CCCCC1)[C@@H]1[C@@H](CO)[C@@H]2Cn3c(ccc(-c4cncnc4)c3=O)[C@H]1N2. The molecule has 8 heteroatoms. The fourth-order valence-electron chi connectivity index (χ4n) is 5.66. The second kappa shape index (κ2) is 8.51. The van der Waals surface area contributed by atoms with E-state index in [0.29, 0.717) is 30.1 Å². The topological polar surface area (TPSA) is 109 Å². The molecule has 5 rings (SSSR count). The summed E-state index contributed by atoms with van der Waals surface area (Å²) in [5, 5.41) is 16.8. The molecule has 2 aliphatic heterocycles. The van der Waals surface area contributed by atoms with Gasteiger partial charge < -0.3 is 20.3 Å². The van der Waals surface area contributed by atoms with E-state index in [1.54, 1.807) is 23.0 Å². The van der Waals surface area contributed by atoms with Gasteiger partial charge in [-0.1, -0.05) is 19.3 Å². The zero-order valence-electron chi connectivity index (χ0n) is 17.5. The molecule has 4 atom stereocenters. The zero-order valence-corrected chi connectivity index (χ0v) is 17.5. The number of nitrogens with one attached hydrogen (secondary N) is 2. The van der Waals surface area contributed by atoms with Crippen LogP contribution in [0.3, 0.4) is 0 Å². The molecule has 1 amide bonds. The van der Waals surface area contributed by atoms with E-state index in [4.69, 9.17) is 0 Å². The average Bonchev–Trinajstić information content (AvgIpc) is 3.12. The van der Waals surface area contributed by atoms with E-state index in [-0.39, 0.29) is 36.1 Å². The van der Waals surface area contributed by atoms with Gasteiger partial charge in [0.05, 0.1) is 17.5 Å². The summed E-state index contributed by atoms with van der Waals surface area (Å²) in [7, 11) is 0. The molecule has 0 unspecified atom stereocenters. The summed E-state index contributed by atoms with van der Waals surface area (Å²) in [4.78, 5) is 34.5. The van der Waals surface area contributed by atoms with Crippen molar-refractivity contribution in [2.75, 3.05) is 13.2 Å². The monoisotopic (exact) mass is 423 g/mol. The van der Waals surface area contributed by atoms with Crippen LogP contribution in [-0.4, -0.2) is 44.7 Å². The lowest BCUT2D eigenvalue weighted by molar-refractivity contribution is -0.127. The summed E-state index contributed by atoms with van der Waals surface area (Å²) >= 11 is 0. The number of rotatable bonds is 5. The first-order valence-corrected chi connectivity index (χ1v) is 11.3. The first-order valence-electron chi connectivity index (χ1n) is 11.3. The third kappa shape index (κ3) is 3.68. The quantitative estimate of drug-likeness (QED) is 0.668. The van der Waals surface area contributed by atoms with Gasteiger partial charge in [-0.25, -0.2) is 9.97 Å². The molecule has 3 aliphatic rings. The Morgan fingerprint density at radius 1 is 1.19 bits per heavy atom. The Bertz CT molecular complexity index is 1000. The summed E-state index contributed by atoms with van der Waals surface area (Å²) in [5.41, 5.74) is 1.91. The van der Waals surface area contributed by atoms with Crippen molar-refractivity contribution in [2.45, 2.75) is 50.7 Å². The zero-order chi connectivity index (χ0) is 21.4. The maximum Gasteiger partial charge on any atom is 0.258 e. The predicted molar refractivity (Wildman–Crippen MR) is 115 cm³/mol. The summed E-state index contributed by atoms with van der Waals surface area (Å²) in [5.74, 6) is -0.0903. The number of nitrogens with zero attached hydrogens (tertiary/aromatic N) is 3. The van der Waals surface area contributed by atoms with Gasteiger partial charge in [0, 0.05) is 55.3 Å². The van der Waals surface area contributed by atoms with Gasteiger partial charge in [0.15, 0.2) is 0 Å². The molecule has 4 heterocycles. The lowest BCUT2D eigenvalue weighted by Crippen LogP contribution is -2.43. The number of hydrogen-bond acceptors (Lipinski definition) is 6. The Kier molecular flexibility index (Phi) is 5.58.